The van der Waals surface area contributed by atoms with E-state index in [-0.39, 0.29) is 15.7 Å². The van der Waals surface area contributed by atoms with Crippen molar-refractivity contribution in [1.82, 2.24) is 4.31 Å². The standard InChI is InChI=1S/C21H24N2O5S3/c1-15-8-12-23(16-6-2-3-7-17(16)30-15)19(24)14-28-21(25)20-18(9-13-29-20)31(26,27)22-10-4-5-11-22/h2-3,6-7,9,13,15H,4-5,8,10-12,14H2,1H3. The Kier molecular flexibility index (Phi) is 6.71. The van der Waals surface area contributed by atoms with Gasteiger partial charge in [0.1, 0.15) is 9.77 Å². The number of carbonyl (C=O) groups excluding carboxylic acids is 2. The van der Waals surface area contributed by atoms with Gasteiger partial charge in [0.25, 0.3) is 5.91 Å². The SMILES string of the molecule is CC1CCN(C(=O)COC(=O)c2sccc2S(=O)(=O)N2CCCC2)c2ccccc2S1. The second-order valence-corrected chi connectivity index (χ2v) is 11.8. The number of benzene rings is 1. The second-order valence-electron chi connectivity index (χ2n) is 7.53. The molecule has 1 atom stereocenters. The van der Waals surface area contributed by atoms with E-state index in [9.17, 15) is 18.0 Å². The highest BCUT2D eigenvalue weighted by atomic mass is 32.2. The van der Waals surface area contributed by atoms with Gasteiger partial charge in [-0.15, -0.1) is 23.1 Å². The first-order valence-electron chi connectivity index (χ1n) is 10.2. The Morgan fingerprint density at radius 2 is 1.87 bits per heavy atom. The molecule has 0 spiro atoms. The molecule has 0 aliphatic carbocycles. The number of thioether (sulfide) groups is 1. The van der Waals surface area contributed by atoms with Gasteiger partial charge in [-0.1, -0.05) is 19.1 Å². The summed E-state index contributed by atoms with van der Waals surface area (Å²) >= 11 is 2.74. The molecule has 3 heterocycles. The number of anilines is 1. The highest BCUT2D eigenvalue weighted by Crippen LogP contribution is 2.37. The second kappa shape index (κ2) is 9.32. The number of rotatable bonds is 5. The number of hydrogen-bond donors (Lipinski definition) is 0. The van der Waals surface area contributed by atoms with Crippen molar-refractivity contribution in [3.8, 4) is 0 Å². The van der Waals surface area contributed by atoms with E-state index in [0.717, 1.165) is 41.2 Å². The van der Waals surface area contributed by atoms with Crippen molar-refractivity contribution in [1.29, 1.82) is 0 Å². The van der Waals surface area contributed by atoms with Crippen LogP contribution in [0.1, 0.15) is 35.9 Å². The summed E-state index contributed by atoms with van der Waals surface area (Å²) in [5.74, 6) is -1.11. The van der Waals surface area contributed by atoms with Crippen LogP contribution in [-0.2, 0) is 19.6 Å². The summed E-state index contributed by atoms with van der Waals surface area (Å²) in [4.78, 5) is 28.2. The van der Waals surface area contributed by atoms with Crippen molar-refractivity contribution in [3.05, 3.63) is 40.6 Å². The molecule has 1 aromatic heterocycles. The average Bonchev–Trinajstić information content (AvgIpc) is 3.43. The van der Waals surface area contributed by atoms with Crippen LogP contribution in [0.2, 0.25) is 0 Å². The quantitative estimate of drug-likeness (QED) is 0.608. The van der Waals surface area contributed by atoms with Gasteiger partial charge >= 0.3 is 5.97 Å². The Labute approximate surface area is 190 Å². The van der Waals surface area contributed by atoms with Crippen LogP contribution in [0.3, 0.4) is 0 Å². The Hall–Kier alpha value is -1.88. The van der Waals surface area contributed by atoms with Gasteiger partial charge in [-0.3, -0.25) is 4.79 Å². The minimum absolute atomic E-state index is 0.0140. The molecule has 1 unspecified atom stereocenters. The number of nitrogens with zero attached hydrogens (tertiary/aromatic N) is 2. The van der Waals surface area contributed by atoms with Crippen molar-refractivity contribution in [2.45, 2.75) is 41.2 Å². The molecular weight excluding hydrogens is 456 g/mol. The smallest absolute Gasteiger partial charge is 0.350 e. The molecule has 4 rings (SSSR count). The molecule has 0 N–H and O–H groups in total. The van der Waals surface area contributed by atoms with E-state index < -0.39 is 22.6 Å². The molecule has 2 aliphatic heterocycles. The molecule has 1 fully saturated rings. The van der Waals surface area contributed by atoms with Crippen LogP contribution in [0, 0.1) is 0 Å². The first kappa shape index (κ1) is 22.3. The van der Waals surface area contributed by atoms with Crippen LogP contribution in [0.4, 0.5) is 5.69 Å². The molecule has 1 saturated heterocycles. The minimum atomic E-state index is -3.74. The van der Waals surface area contributed by atoms with Crippen LogP contribution in [0.15, 0.2) is 45.5 Å². The number of fused-ring (bicyclic) bond motifs is 1. The van der Waals surface area contributed by atoms with E-state index in [1.165, 1.54) is 10.4 Å². The third-order valence-electron chi connectivity index (χ3n) is 5.37. The van der Waals surface area contributed by atoms with Gasteiger partial charge in [-0.2, -0.15) is 4.31 Å². The van der Waals surface area contributed by atoms with Gasteiger partial charge in [0.15, 0.2) is 6.61 Å². The van der Waals surface area contributed by atoms with E-state index in [0.29, 0.717) is 24.9 Å². The fraction of sp³-hybridized carbons (Fsp3) is 0.429. The Balaban J connectivity index is 1.47. The maximum Gasteiger partial charge on any atom is 0.350 e. The number of sulfonamides is 1. The lowest BCUT2D eigenvalue weighted by Gasteiger charge is -2.22. The molecule has 1 aromatic carbocycles. The molecule has 2 aliphatic rings. The summed E-state index contributed by atoms with van der Waals surface area (Å²) in [6.07, 6.45) is 2.44. The summed E-state index contributed by atoms with van der Waals surface area (Å²) in [5, 5.41) is 1.93. The van der Waals surface area contributed by atoms with Crippen molar-refractivity contribution in [2.24, 2.45) is 0 Å². The van der Waals surface area contributed by atoms with E-state index in [4.69, 9.17) is 4.74 Å². The van der Waals surface area contributed by atoms with Gasteiger partial charge < -0.3 is 9.64 Å². The molecule has 10 heteroatoms. The maximum absolute atomic E-state index is 12.9. The summed E-state index contributed by atoms with van der Waals surface area (Å²) in [6.45, 7) is 3.13. The number of para-hydroxylation sites is 1. The van der Waals surface area contributed by atoms with Crippen molar-refractivity contribution in [2.75, 3.05) is 31.1 Å². The van der Waals surface area contributed by atoms with Crippen LogP contribution in [0.25, 0.3) is 0 Å². The fourth-order valence-corrected chi connectivity index (χ4v) is 7.65. The first-order valence-corrected chi connectivity index (χ1v) is 13.4. The Morgan fingerprint density at radius 1 is 1.13 bits per heavy atom. The van der Waals surface area contributed by atoms with Crippen molar-refractivity contribution >= 4 is 50.7 Å². The topological polar surface area (TPSA) is 84.0 Å². The predicted molar refractivity (Wildman–Crippen MR) is 121 cm³/mol. The third-order valence-corrected chi connectivity index (χ3v) is 9.57. The van der Waals surface area contributed by atoms with Crippen molar-refractivity contribution in [3.63, 3.8) is 0 Å². The van der Waals surface area contributed by atoms with Crippen LogP contribution in [-0.4, -0.2) is 56.1 Å². The normalized spacial score (nSPS) is 19.6. The third kappa shape index (κ3) is 4.67. The summed E-state index contributed by atoms with van der Waals surface area (Å²) in [7, 11) is -3.74. The first-order chi connectivity index (χ1) is 14.9. The summed E-state index contributed by atoms with van der Waals surface area (Å²) < 4.78 is 32.4. The lowest BCUT2D eigenvalue weighted by molar-refractivity contribution is -0.121. The van der Waals surface area contributed by atoms with E-state index in [1.54, 1.807) is 22.0 Å². The van der Waals surface area contributed by atoms with Gasteiger partial charge in [0.2, 0.25) is 10.0 Å². The van der Waals surface area contributed by atoms with Crippen molar-refractivity contribution < 1.29 is 22.7 Å². The molecule has 2 aromatic rings. The molecule has 0 radical (unpaired) electrons. The summed E-state index contributed by atoms with van der Waals surface area (Å²) in [6, 6.07) is 9.12. The zero-order valence-corrected chi connectivity index (χ0v) is 19.6. The highest BCUT2D eigenvalue weighted by Gasteiger charge is 2.33. The van der Waals surface area contributed by atoms with E-state index >= 15 is 0 Å². The molecule has 31 heavy (non-hydrogen) atoms. The zero-order valence-electron chi connectivity index (χ0n) is 17.2. The number of esters is 1. The number of amides is 1. The lowest BCUT2D eigenvalue weighted by atomic mass is 10.2. The molecular formula is C21H24N2O5S3. The average molecular weight is 481 g/mol. The van der Waals surface area contributed by atoms with E-state index in [1.807, 2.05) is 24.3 Å². The van der Waals surface area contributed by atoms with Crippen LogP contribution < -0.4 is 4.90 Å². The summed E-state index contributed by atoms with van der Waals surface area (Å²) in [5.41, 5.74) is 0.811. The Bertz CT molecular complexity index is 1080. The van der Waals surface area contributed by atoms with Gasteiger partial charge in [0.05, 0.1) is 5.69 Å². The highest BCUT2D eigenvalue weighted by molar-refractivity contribution is 8.00. The number of thiophene rings is 1. The Morgan fingerprint density at radius 3 is 2.65 bits per heavy atom. The van der Waals surface area contributed by atoms with Gasteiger partial charge in [0, 0.05) is 29.8 Å². The monoisotopic (exact) mass is 480 g/mol. The van der Waals surface area contributed by atoms with Crippen LogP contribution >= 0.6 is 23.1 Å². The van der Waals surface area contributed by atoms with E-state index in [2.05, 4.69) is 6.92 Å². The minimum Gasteiger partial charge on any atom is -0.451 e. The molecule has 1 amide bonds. The van der Waals surface area contributed by atoms with Gasteiger partial charge in [-0.25, -0.2) is 13.2 Å². The number of hydrogen-bond acceptors (Lipinski definition) is 7. The molecule has 166 valence electrons. The lowest BCUT2D eigenvalue weighted by Crippen LogP contribution is -2.36. The molecule has 0 saturated carbocycles. The van der Waals surface area contributed by atoms with Gasteiger partial charge in [-0.05, 0) is 42.8 Å². The number of ether oxygens (including phenoxy) is 1. The number of carbonyl (C=O) groups is 2. The predicted octanol–water partition coefficient (Wildman–Crippen LogP) is 3.61. The fourth-order valence-electron chi connectivity index (χ4n) is 3.73. The largest absolute Gasteiger partial charge is 0.451 e. The molecule has 7 nitrogen and oxygen atoms in total. The maximum atomic E-state index is 12.9. The van der Waals surface area contributed by atoms with Crippen LogP contribution in [0.5, 0.6) is 0 Å². The molecule has 0 bridgehead atoms. The zero-order chi connectivity index (χ0) is 22.0.